The minimum atomic E-state index is -0.246. The average molecular weight is 246 g/mol. The van der Waals surface area contributed by atoms with E-state index in [4.69, 9.17) is 5.11 Å². The molecular weight excluding hydrogens is 228 g/mol. The van der Waals surface area contributed by atoms with Crippen molar-refractivity contribution in [3.8, 4) is 11.8 Å². The van der Waals surface area contributed by atoms with Crippen LogP contribution in [-0.2, 0) is 0 Å². The van der Waals surface area contributed by atoms with E-state index in [-0.39, 0.29) is 18.1 Å². The van der Waals surface area contributed by atoms with Crippen molar-refractivity contribution in [3.63, 3.8) is 0 Å². The fraction of sp³-hybridized carbons (Fsp3) is 0.429. The molecule has 0 radical (unpaired) electrons. The summed E-state index contributed by atoms with van der Waals surface area (Å²) in [6.45, 7) is 5.74. The quantitative estimate of drug-likeness (QED) is 0.791. The number of carbonyl (C=O) groups excluding carboxylic acids is 1. The number of pyridine rings is 1. The number of aliphatic hydroxyl groups is 1. The lowest BCUT2D eigenvalue weighted by Crippen LogP contribution is -2.42. The van der Waals surface area contributed by atoms with E-state index < -0.39 is 0 Å². The number of hydrogen-bond acceptors (Lipinski definition) is 3. The molecular formula is C14H18N2O2. The van der Waals surface area contributed by atoms with Crippen LogP contribution in [0.3, 0.4) is 0 Å². The van der Waals surface area contributed by atoms with Crippen LogP contribution in [0, 0.1) is 11.8 Å². The highest BCUT2D eigenvalue weighted by atomic mass is 16.2. The number of aliphatic hydroxyl groups excluding tert-OH is 1. The fourth-order valence-electron chi connectivity index (χ4n) is 1.24. The maximum Gasteiger partial charge on any atom is 0.253 e. The van der Waals surface area contributed by atoms with Crippen molar-refractivity contribution in [2.24, 2.45) is 0 Å². The van der Waals surface area contributed by atoms with Gasteiger partial charge in [-0.3, -0.25) is 9.78 Å². The minimum Gasteiger partial charge on any atom is -0.384 e. The zero-order chi connectivity index (χ0) is 13.6. The molecule has 0 aliphatic rings. The van der Waals surface area contributed by atoms with E-state index in [1.54, 1.807) is 12.3 Å². The van der Waals surface area contributed by atoms with Gasteiger partial charge in [-0.2, -0.15) is 0 Å². The standard InChI is InChI=1S/C14H18N2O2/c1-4-14(2,3)16-13(18)12-8-11(6-5-7-17)9-15-10-12/h8-10,17H,4,7H2,1-3H3,(H,16,18). The Morgan fingerprint density at radius 1 is 1.50 bits per heavy atom. The molecule has 0 saturated heterocycles. The third-order valence-corrected chi connectivity index (χ3v) is 2.65. The molecule has 4 nitrogen and oxygen atoms in total. The predicted octanol–water partition coefficient (Wildman–Crippen LogP) is 1.34. The van der Waals surface area contributed by atoms with E-state index in [0.717, 1.165) is 6.42 Å². The number of amides is 1. The molecule has 0 atom stereocenters. The van der Waals surface area contributed by atoms with Gasteiger partial charge in [-0.15, -0.1) is 0 Å². The van der Waals surface area contributed by atoms with Crippen molar-refractivity contribution < 1.29 is 9.90 Å². The average Bonchev–Trinajstić information content (AvgIpc) is 2.36. The first-order valence-corrected chi connectivity index (χ1v) is 5.86. The summed E-state index contributed by atoms with van der Waals surface area (Å²) in [4.78, 5) is 16.0. The molecule has 1 heterocycles. The highest BCUT2D eigenvalue weighted by molar-refractivity contribution is 5.94. The van der Waals surface area contributed by atoms with E-state index in [1.165, 1.54) is 6.20 Å². The topological polar surface area (TPSA) is 62.2 Å². The van der Waals surface area contributed by atoms with E-state index in [2.05, 4.69) is 22.1 Å². The van der Waals surface area contributed by atoms with E-state index in [9.17, 15) is 4.79 Å². The van der Waals surface area contributed by atoms with Crippen molar-refractivity contribution in [2.75, 3.05) is 6.61 Å². The van der Waals surface area contributed by atoms with Gasteiger partial charge in [0.05, 0.1) is 5.56 Å². The van der Waals surface area contributed by atoms with Crippen LogP contribution in [0.15, 0.2) is 18.5 Å². The number of hydrogen-bond donors (Lipinski definition) is 2. The fourth-order valence-corrected chi connectivity index (χ4v) is 1.24. The monoisotopic (exact) mass is 246 g/mol. The highest BCUT2D eigenvalue weighted by Gasteiger charge is 2.18. The van der Waals surface area contributed by atoms with Gasteiger partial charge in [0.1, 0.15) is 6.61 Å². The molecule has 0 unspecified atom stereocenters. The largest absolute Gasteiger partial charge is 0.384 e. The number of rotatable bonds is 3. The summed E-state index contributed by atoms with van der Waals surface area (Å²) in [6, 6.07) is 1.66. The third kappa shape index (κ3) is 4.19. The van der Waals surface area contributed by atoms with Crippen LogP contribution in [0.5, 0.6) is 0 Å². The molecule has 0 spiro atoms. The summed E-state index contributed by atoms with van der Waals surface area (Å²) in [5.41, 5.74) is 0.844. The van der Waals surface area contributed by atoms with E-state index in [0.29, 0.717) is 11.1 Å². The lowest BCUT2D eigenvalue weighted by molar-refractivity contribution is 0.0911. The van der Waals surface area contributed by atoms with Crippen molar-refractivity contribution in [1.82, 2.24) is 10.3 Å². The lowest BCUT2D eigenvalue weighted by atomic mass is 10.0. The molecule has 1 amide bonds. The second-order valence-electron chi connectivity index (χ2n) is 4.61. The van der Waals surface area contributed by atoms with Crippen LogP contribution in [-0.4, -0.2) is 28.1 Å². The van der Waals surface area contributed by atoms with Crippen LogP contribution >= 0.6 is 0 Å². The number of carbonyl (C=O) groups is 1. The molecule has 96 valence electrons. The maximum atomic E-state index is 12.0. The molecule has 0 aliphatic heterocycles. The molecule has 4 heteroatoms. The molecule has 0 bridgehead atoms. The first-order valence-electron chi connectivity index (χ1n) is 5.86. The second-order valence-corrected chi connectivity index (χ2v) is 4.61. The van der Waals surface area contributed by atoms with E-state index in [1.807, 2.05) is 20.8 Å². The predicted molar refractivity (Wildman–Crippen MR) is 70.0 cm³/mol. The van der Waals surface area contributed by atoms with Crippen LogP contribution in [0.4, 0.5) is 0 Å². The van der Waals surface area contributed by atoms with Gasteiger partial charge in [0.25, 0.3) is 5.91 Å². The normalized spacial score (nSPS) is 10.4. The molecule has 1 aromatic heterocycles. The Balaban J connectivity index is 2.87. The zero-order valence-electron chi connectivity index (χ0n) is 10.9. The Morgan fingerprint density at radius 2 is 2.22 bits per heavy atom. The molecule has 0 aromatic carbocycles. The van der Waals surface area contributed by atoms with Crippen LogP contribution in [0.25, 0.3) is 0 Å². The molecule has 0 saturated carbocycles. The van der Waals surface area contributed by atoms with E-state index >= 15 is 0 Å². The molecule has 1 aromatic rings. The van der Waals surface area contributed by atoms with Gasteiger partial charge in [-0.05, 0) is 26.3 Å². The Kier molecular flexibility index (Phi) is 4.87. The summed E-state index contributed by atoms with van der Waals surface area (Å²) >= 11 is 0. The smallest absolute Gasteiger partial charge is 0.253 e. The first-order chi connectivity index (χ1) is 8.48. The van der Waals surface area contributed by atoms with Crippen LogP contribution in [0.2, 0.25) is 0 Å². The van der Waals surface area contributed by atoms with Gasteiger partial charge in [0, 0.05) is 23.5 Å². The molecule has 2 N–H and O–H groups in total. The van der Waals surface area contributed by atoms with Gasteiger partial charge in [0.2, 0.25) is 0 Å². The summed E-state index contributed by atoms with van der Waals surface area (Å²) in [7, 11) is 0. The van der Waals surface area contributed by atoms with Gasteiger partial charge in [0.15, 0.2) is 0 Å². The summed E-state index contributed by atoms with van der Waals surface area (Å²) in [6.07, 6.45) is 3.91. The number of nitrogens with zero attached hydrogens (tertiary/aromatic N) is 1. The van der Waals surface area contributed by atoms with Crippen molar-refractivity contribution in [2.45, 2.75) is 32.7 Å². The van der Waals surface area contributed by atoms with Gasteiger partial charge in [-0.1, -0.05) is 18.8 Å². The highest BCUT2D eigenvalue weighted by Crippen LogP contribution is 2.09. The zero-order valence-corrected chi connectivity index (χ0v) is 10.9. The molecule has 18 heavy (non-hydrogen) atoms. The number of nitrogens with one attached hydrogen (secondary N) is 1. The van der Waals surface area contributed by atoms with Crippen LogP contribution in [0.1, 0.15) is 43.1 Å². The van der Waals surface area contributed by atoms with Crippen molar-refractivity contribution >= 4 is 5.91 Å². The summed E-state index contributed by atoms with van der Waals surface area (Å²) in [5.74, 6) is 5.08. The molecule has 0 fully saturated rings. The Morgan fingerprint density at radius 3 is 2.83 bits per heavy atom. The Bertz CT molecular complexity index is 484. The van der Waals surface area contributed by atoms with Gasteiger partial charge >= 0.3 is 0 Å². The Labute approximate surface area is 107 Å². The number of aromatic nitrogens is 1. The van der Waals surface area contributed by atoms with Gasteiger partial charge in [-0.25, -0.2) is 0 Å². The maximum absolute atomic E-state index is 12.0. The summed E-state index contributed by atoms with van der Waals surface area (Å²) in [5, 5.41) is 11.5. The summed E-state index contributed by atoms with van der Waals surface area (Å²) < 4.78 is 0. The molecule has 0 aliphatic carbocycles. The minimum absolute atomic E-state index is 0.165. The second kappa shape index (κ2) is 6.18. The lowest BCUT2D eigenvalue weighted by Gasteiger charge is -2.24. The molecule has 1 rings (SSSR count). The van der Waals surface area contributed by atoms with Crippen LogP contribution < -0.4 is 5.32 Å². The van der Waals surface area contributed by atoms with Crippen molar-refractivity contribution in [3.05, 3.63) is 29.6 Å². The SMILES string of the molecule is CCC(C)(C)NC(=O)c1cncc(C#CCO)c1. The third-order valence-electron chi connectivity index (χ3n) is 2.65. The van der Waals surface area contributed by atoms with Crippen molar-refractivity contribution in [1.29, 1.82) is 0 Å². The van der Waals surface area contributed by atoms with Gasteiger partial charge < -0.3 is 10.4 Å². The Hall–Kier alpha value is -1.86. The first kappa shape index (κ1) is 14.2.